The molecule has 7 nitrogen and oxygen atoms in total. The molecule has 0 unspecified atom stereocenters. The number of nitrogens with one attached hydrogen (secondary N) is 2. The Labute approximate surface area is 151 Å². The molecule has 0 saturated heterocycles. The normalized spacial score (nSPS) is 14.3. The molecule has 0 spiro atoms. The highest BCUT2D eigenvalue weighted by Crippen LogP contribution is 2.30. The Kier molecular flexibility index (Phi) is 4.17. The number of alkyl halides is 3. The molecule has 2 aromatic heterocycles. The average Bonchev–Trinajstić information content (AvgIpc) is 3.38. The number of carbonyl (C=O) groups excluding carboxylic acids is 1. The summed E-state index contributed by atoms with van der Waals surface area (Å²) in [7, 11) is 0. The van der Waals surface area contributed by atoms with Gasteiger partial charge in [0, 0.05) is 18.2 Å². The largest absolute Gasteiger partial charge is 0.453 e. The molecular weight excluding hydrogens is 361 g/mol. The van der Waals surface area contributed by atoms with Gasteiger partial charge in [-0.15, -0.1) is 15.3 Å². The van der Waals surface area contributed by atoms with Crippen molar-refractivity contribution in [2.75, 3.05) is 10.6 Å². The van der Waals surface area contributed by atoms with E-state index in [2.05, 4.69) is 25.9 Å². The number of fused-ring (bicyclic) bond motifs is 1. The van der Waals surface area contributed by atoms with Crippen molar-refractivity contribution in [3.63, 3.8) is 0 Å². The molecule has 2 N–H and O–H groups in total. The Hall–Kier alpha value is -3.17. The van der Waals surface area contributed by atoms with E-state index in [1.807, 2.05) is 12.1 Å². The van der Waals surface area contributed by atoms with Crippen LogP contribution in [0, 0.1) is 5.92 Å². The number of nitrogens with zero attached hydrogens (tertiary/aromatic N) is 4. The van der Waals surface area contributed by atoms with Crippen molar-refractivity contribution in [1.29, 1.82) is 0 Å². The quantitative estimate of drug-likeness (QED) is 0.715. The number of amides is 1. The first-order valence-corrected chi connectivity index (χ1v) is 8.33. The third-order valence-electron chi connectivity index (χ3n) is 4.13. The number of carbonyl (C=O) groups is 1. The zero-order chi connectivity index (χ0) is 19.0. The molecule has 1 fully saturated rings. The van der Waals surface area contributed by atoms with Gasteiger partial charge in [-0.05, 0) is 42.7 Å². The van der Waals surface area contributed by atoms with Gasteiger partial charge in [-0.25, -0.2) is 0 Å². The molecule has 10 heteroatoms. The summed E-state index contributed by atoms with van der Waals surface area (Å²) in [6.45, 7) is 0.328. The van der Waals surface area contributed by atoms with E-state index in [0.29, 0.717) is 16.7 Å². The van der Waals surface area contributed by atoms with Crippen LogP contribution in [0.1, 0.15) is 24.2 Å². The summed E-state index contributed by atoms with van der Waals surface area (Å²) in [5.41, 5.74) is 1.55. The number of aromatic nitrogens is 4. The van der Waals surface area contributed by atoms with E-state index in [-0.39, 0.29) is 23.3 Å². The summed E-state index contributed by atoms with van der Waals surface area (Å²) in [5.74, 6) is -0.806. The van der Waals surface area contributed by atoms with Gasteiger partial charge in [0.1, 0.15) is 5.82 Å². The highest BCUT2D eigenvalue weighted by atomic mass is 19.4. The van der Waals surface area contributed by atoms with Crippen molar-refractivity contribution < 1.29 is 18.0 Å². The smallest absolute Gasteiger partial charge is 0.365 e. The van der Waals surface area contributed by atoms with Crippen LogP contribution in [-0.2, 0) is 17.5 Å². The second kappa shape index (κ2) is 6.53. The fourth-order valence-electron chi connectivity index (χ4n) is 2.60. The first-order valence-electron chi connectivity index (χ1n) is 8.33. The van der Waals surface area contributed by atoms with Crippen LogP contribution < -0.4 is 10.6 Å². The van der Waals surface area contributed by atoms with Crippen LogP contribution in [0.15, 0.2) is 36.4 Å². The van der Waals surface area contributed by atoms with E-state index in [0.717, 1.165) is 18.4 Å². The van der Waals surface area contributed by atoms with Crippen molar-refractivity contribution in [3.05, 3.63) is 47.8 Å². The first-order chi connectivity index (χ1) is 12.9. The summed E-state index contributed by atoms with van der Waals surface area (Å²) in [5, 5.41) is 16.3. The fourth-order valence-corrected chi connectivity index (χ4v) is 2.60. The molecule has 0 radical (unpaired) electrons. The highest BCUT2D eigenvalue weighted by molar-refractivity contribution is 5.94. The molecule has 4 rings (SSSR count). The maximum Gasteiger partial charge on any atom is 0.453 e. The lowest BCUT2D eigenvalue weighted by atomic mass is 10.2. The first kappa shape index (κ1) is 17.3. The van der Waals surface area contributed by atoms with Gasteiger partial charge in [-0.2, -0.15) is 17.7 Å². The standard InChI is InChI=1S/C17H15F3N6O/c18-17(19,20)16-24-23-14-7-6-13(25-26(14)16)21-9-10-2-1-3-12(8-10)22-15(27)11-4-5-11/h1-3,6-8,11H,4-5,9H2,(H,21,25)(H,22,27). The molecule has 1 aliphatic rings. The Morgan fingerprint density at radius 3 is 2.74 bits per heavy atom. The minimum Gasteiger partial charge on any atom is -0.365 e. The molecule has 0 atom stereocenters. The zero-order valence-corrected chi connectivity index (χ0v) is 14.0. The molecule has 0 aliphatic heterocycles. The molecule has 3 aromatic rings. The lowest BCUT2D eigenvalue weighted by molar-refractivity contribution is -0.146. The number of halogens is 3. The van der Waals surface area contributed by atoms with Crippen molar-refractivity contribution in [3.8, 4) is 0 Å². The lowest BCUT2D eigenvalue weighted by Gasteiger charge is -2.09. The monoisotopic (exact) mass is 376 g/mol. The molecule has 27 heavy (non-hydrogen) atoms. The molecule has 2 heterocycles. The lowest BCUT2D eigenvalue weighted by Crippen LogP contribution is -2.14. The molecule has 1 aliphatic carbocycles. The molecule has 1 saturated carbocycles. The zero-order valence-electron chi connectivity index (χ0n) is 14.0. The topological polar surface area (TPSA) is 84.2 Å². The molecule has 1 aromatic carbocycles. The van der Waals surface area contributed by atoms with Crippen molar-refractivity contribution in [2.24, 2.45) is 5.92 Å². The number of hydrogen-bond donors (Lipinski definition) is 2. The van der Waals surface area contributed by atoms with Gasteiger partial charge in [-0.3, -0.25) is 4.79 Å². The Bertz CT molecular complexity index is 996. The summed E-state index contributed by atoms with van der Waals surface area (Å²) in [6, 6.07) is 10.2. The van der Waals surface area contributed by atoms with Gasteiger partial charge in [0.15, 0.2) is 5.65 Å². The van der Waals surface area contributed by atoms with Gasteiger partial charge >= 0.3 is 6.18 Å². The van der Waals surface area contributed by atoms with Crippen LogP contribution in [0.5, 0.6) is 0 Å². The Morgan fingerprint density at radius 2 is 2.00 bits per heavy atom. The fraction of sp³-hybridized carbons (Fsp3) is 0.294. The van der Waals surface area contributed by atoms with Gasteiger partial charge in [0.25, 0.3) is 5.82 Å². The summed E-state index contributed by atoms with van der Waals surface area (Å²) < 4.78 is 39.4. The maximum absolute atomic E-state index is 12.9. The summed E-state index contributed by atoms with van der Waals surface area (Å²) in [6.07, 6.45) is -2.80. The minimum atomic E-state index is -4.64. The summed E-state index contributed by atoms with van der Waals surface area (Å²) >= 11 is 0. The van der Waals surface area contributed by atoms with E-state index < -0.39 is 12.0 Å². The van der Waals surface area contributed by atoms with Crippen LogP contribution in [-0.4, -0.2) is 25.7 Å². The predicted octanol–water partition coefficient (Wildman–Crippen LogP) is 3.10. The maximum atomic E-state index is 12.9. The second-order valence-electron chi connectivity index (χ2n) is 6.33. The third kappa shape index (κ3) is 3.83. The highest BCUT2D eigenvalue weighted by Gasteiger charge is 2.37. The van der Waals surface area contributed by atoms with Crippen molar-refractivity contribution in [2.45, 2.75) is 25.6 Å². The minimum absolute atomic E-state index is 0.0117. The Balaban J connectivity index is 1.47. The molecule has 1 amide bonds. The molecule has 0 bridgehead atoms. The van der Waals surface area contributed by atoms with Crippen LogP contribution in [0.4, 0.5) is 24.7 Å². The third-order valence-corrected chi connectivity index (χ3v) is 4.13. The molecule has 140 valence electrons. The van der Waals surface area contributed by atoms with Crippen LogP contribution in [0.3, 0.4) is 0 Å². The van der Waals surface area contributed by atoms with Crippen LogP contribution in [0.2, 0.25) is 0 Å². The number of benzene rings is 1. The van der Waals surface area contributed by atoms with E-state index in [9.17, 15) is 18.0 Å². The van der Waals surface area contributed by atoms with E-state index >= 15 is 0 Å². The van der Waals surface area contributed by atoms with Gasteiger partial charge in [-0.1, -0.05) is 12.1 Å². The van der Waals surface area contributed by atoms with E-state index in [1.54, 1.807) is 12.1 Å². The average molecular weight is 376 g/mol. The Morgan fingerprint density at radius 1 is 1.19 bits per heavy atom. The van der Waals surface area contributed by atoms with Crippen molar-refractivity contribution >= 4 is 23.1 Å². The summed E-state index contributed by atoms with van der Waals surface area (Å²) in [4.78, 5) is 11.8. The number of anilines is 2. The van der Waals surface area contributed by atoms with Gasteiger partial charge in [0.05, 0.1) is 0 Å². The van der Waals surface area contributed by atoms with E-state index in [1.165, 1.54) is 12.1 Å². The van der Waals surface area contributed by atoms with Crippen molar-refractivity contribution in [1.82, 2.24) is 19.8 Å². The van der Waals surface area contributed by atoms with Crippen LogP contribution >= 0.6 is 0 Å². The van der Waals surface area contributed by atoms with Crippen LogP contribution in [0.25, 0.3) is 5.65 Å². The van der Waals surface area contributed by atoms with E-state index in [4.69, 9.17) is 0 Å². The number of rotatable bonds is 5. The SMILES string of the molecule is O=C(Nc1cccc(CNc2ccc3nnc(C(F)(F)F)n3n2)c1)C1CC1. The number of hydrogen-bond acceptors (Lipinski definition) is 5. The second-order valence-corrected chi connectivity index (χ2v) is 6.33. The van der Waals surface area contributed by atoms with Gasteiger partial charge < -0.3 is 10.6 Å². The predicted molar refractivity (Wildman–Crippen MR) is 90.9 cm³/mol. The van der Waals surface area contributed by atoms with Gasteiger partial charge in [0.2, 0.25) is 5.91 Å². The molecular formula is C17H15F3N6O.